The first kappa shape index (κ1) is 15.3. The van der Waals surface area contributed by atoms with Crippen LogP contribution in [0.15, 0.2) is 0 Å². The summed E-state index contributed by atoms with van der Waals surface area (Å²) in [5.74, 6) is 0.0811. The highest BCUT2D eigenvalue weighted by Gasteiger charge is 2.38. The average Bonchev–Trinajstić information content (AvgIpc) is 2.30. The zero-order valence-corrected chi connectivity index (χ0v) is 11.7. The van der Waals surface area contributed by atoms with Crippen LogP contribution < -0.4 is 0 Å². The maximum atomic E-state index is 12.2. The monoisotopic (exact) mass is 292 g/mol. The van der Waals surface area contributed by atoms with Gasteiger partial charge in [-0.1, -0.05) is 6.92 Å². The largest absolute Gasteiger partial charge is 0.481 e. The van der Waals surface area contributed by atoms with Crippen LogP contribution >= 0.6 is 11.8 Å². The van der Waals surface area contributed by atoms with Gasteiger partial charge in [0, 0.05) is 24.1 Å². The smallest absolute Gasteiger partial charge is 0.305 e. The lowest BCUT2D eigenvalue weighted by atomic mass is 10.2. The van der Waals surface area contributed by atoms with Crippen molar-refractivity contribution in [1.82, 2.24) is 4.31 Å². The number of carbonyl (C=O) groups is 1. The summed E-state index contributed by atoms with van der Waals surface area (Å²) in [7, 11) is -3.72. The third-order valence-electron chi connectivity index (χ3n) is 2.78. The number of nitrogens with zero attached hydrogens (tertiary/aromatic N) is 2. The van der Waals surface area contributed by atoms with Crippen LogP contribution in [0.1, 0.15) is 19.8 Å². The average molecular weight is 292 g/mol. The van der Waals surface area contributed by atoms with Crippen LogP contribution in [0.5, 0.6) is 0 Å². The lowest BCUT2D eigenvalue weighted by Gasteiger charge is -2.34. The number of nitriles is 1. The topological polar surface area (TPSA) is 98.5 Å². The van der Waals surface area contributed by atoms with Crippen LogP contribution in [0.4, 0.5) is 0 Å². The highest BCUT2D eigenvalue weighted by Crippen LogP contribution is 2.25. The number of hydrogen-bond donors (Lipinski definition) is 1. The first-order chi connectivity index (χ1) is 8.43. The predicted octanol–water partition coefficient (Wildman–Crippen LogP) is 0.510. The van der Waals surface area contributed by atoms with E-state index in [0.717, 1.165) is 0 Å². The van der Waals surface area contributed by atoms with Crippen LogP contribution in [0.25, 0.3) is 0 Å². The molecule has 1 N–H and O–H groups in total. The van der Waals surface area contributed by atoms with Gasteiger partial charge >= 0.3 is 5.97 Å². The van der Waals surface area contributed by atoms with Gasteiger partial charge in [-0.25, -0.2) is 8.42 Å². The quantitative estimate of drug-likeness (QED) is 0.792. The molecule has 1 heterocycles. The molecule has 0 saturated carbocycles. The van der Waals surface area contributed by atoms with E-state index in [0.29, 0.717) is 11.5 Å². The molecule has 0 radical (unpaired) electrons. The number of carboxylic acids is 1. The highest BCUT2D eigenvalue weighted by molar-refractivity contribution is 7.99. The molecule has 1 rings (SSSR count). The molecule has 2 atom stereocenters. The molecule has 2 unspecified atom stereocenters. The van der Waals surface area contributed by atoms with E-state index in [4.69, 9.17) is 10.4 Å². The molecule has 6 nitrogen and oxygen atoms in total. The van der Waals surface area contributed by atoms with E-state index in [2.05, 4.69) is 0 Å². The highest BCUT2D eigenvalue weighted by atomic mass is 32.2. The van der Waals surface area contributed by atoms with Gasteiger partial charge in [-0.2, -0.15) is 21.3 Å². The lowest BCUT2D eigenvalue weighted by molar-refractivity contribution is -0.137. The van der Waals surface area contributed by atoms with Crippen LogP contribution in [-0.4, -0.2) is 53.1 Å². The first-order valence-electron chi connectivity index (χ1n) is 5.63. The molecular weight excluding hydrogens is 276 g/mol. The lowest BCUT2D eigenvalue weighted by Crippen LogP contribution is -2.50. The molecule has 0 amide bonds. The van der Waals surface area contributed by atoms with Gasteiger partial charge in [0.05, 0.1) is 12.5 Å². The Kier molecular flexibility index (Phi) is 5.44. The Bertz CT molecular complexity index is 443. The fourth-order valence-electron chi connectivity index (χ4n) is 1.87. The Hall–Kier alpha value is -0.780. The maximum absolute atomic E-state index is 12.2. The summed E-state index contributed by atoms with van der Waals surface area (Å²) in [4.78, 5) is 10.8. The maximum Gasteiger partial charge on any atom is 0.305 e. The molecule has 1 aliphatic heterocycles. The molecule has 1 fully saturated rings. The van der Waals surface area contributed by atoms with E-state index in [1.54, 1.807) is 13.0 Å². The molecule has 0 aromatic heterocycles. The molecular formula is C10H16N2O4S2. The minimum Gasteiger partial charge on any atom is -0.481 e. The van der Waals surface area contributed by atoms with E-state index in [9.17, 15) is 13.2 Å². The van der Waals surface area contributed by atoms with Crippen molar-refractivity contribution < 1.29 is 18.3 Å². The summed E-state index contributed by atoms with van der Waals surface area (Å²) < 4.78 is 25.7. The number of sulfonamides is 1. The van der Waals surface area contributed by atoms with Crippen molar-refractivity contribution in [3.8, 4) is 6.07 Å². The zero-order valence-electron chi connectivity index (χ0n) is 10.1. The molecule has 102 valence electrons. The number of hydrogen-bond acceptors (Lipinski definition) is 5. The van der Waals surface area contributed by atoms with Crippen molar-refractivity contribution in [2.45, 2.75) is 31.1 Å². The molecule has 0 aromatic carbocycles. The van der Waals surface area contributed by atoms with Crippen LogP contribution in [0.3, 0.4) is 0 Å². The number of thioether (sulfide) groups is 1. The van der Waals surface area contributed by atoms with Gasteiger partial charge in [0.25, 0.3) is 0 Å². The van der Waals surface area contributed by atoms with Gasteiger partial charge in [-0.05, 0) is 6.42 Å². The minimum atomic E-state index is -3.72. The second-order valence-corrected chi connectivity index (χ2v) is 7.23. The van der Waals surface area contributed by atoms with Gasteiger partial charge in [0.2, 0.25) is 10.0 Å². The molecule has 0 spiro atoms. The second-order valence-electron chi connectivity index (χ2n) is 4.01. The molecule has 0 aromatic rings. The first-order valence-corrected chi connectivity index (χ1v) is 8.29. The molecule has 0 aliphatic carbocycles. The third-order valence-corrected chi connectivity index (χ3v) is 6.17. The van der Waals surface area contributed by atoms with Gasteiger partial charge < -0.3 is 5.11 Å². The zero-order chi connectivity index (χ0) is 13.8. The third kappa shape index (κ3) is 3.37. The Balaban J connectivity index is 2.96. The van der Waals surface area contributed by atoms with Gasteiger partial charge in [-0.15, -0.1) is 0 Å². The standard InChI is InChI=1S/C10H16N2O4S2/c1-2-9(6-11)18(15,16)12-3-4-17-7-8(12)5-10(13)14/h8-9H,2-5,7H2,1H3,(H,13,14). The van der Waals surface area contributed by atoms with E-state index in [-0.39, 0.29) is 19.4 Å². The van der Waals surface area contributed by atoms with E-state index in [1.165, 1.54) is 16.1 Å². The van der Waals surface area contributed by atoms with Gasteiger partial charge in [0.1, 0.15) is 0 Å². The van der Waals surface area contributed by atoms with Crippen molar-refractivity contribution in [2.24, 2.45) is 0 Å². The normalized spacial score (nSPS) is 23.2. The molecule has 8 heteroatoms. The van der Waals surface area contributed by atoms with Crippen LogP contribution in [0, 0.1) is 11.3 Å². The van der Waals surface area contributed by atoms with Crippen LogP contribution in [0.2, 0.25) is 0 Å². The molecule has 1 saturated heterocycles. The summed E-state index contributed by atoms with van der Waals surface area (Å²) in [6, 6.07) is 1.23. The summed E-state index contributed by atoms with van der Waals surface area (Å²) in [5, 5.41) is 16.6. The fraction of sp³-hybridized carbons (Fsp3) is 0.800. The van der Waals surface area contributed by atoms with Gasteiger partial charge in [0.15, 0.2) is 5.25 Å². The summed E-state index contributed by atoms with van der Waals surface area (Å²) in [6.45, 7) is 1.92. The van der Waals surface area contributed by atoms with Crippen molar-refractivity contribution in [2.75, 3.05) is 18.1 Å². The Morgan fingerprint density at radius 2 is 2.33 bits per heavy atom. The Morgan fingerprint density at radius 3 is 2.83 bits per heavy atom. The van der Waals surface area contributed by atoms with E-state index in [1.807, 2.05) is 0 Å². The number of rotatable bonds is 5. The second kappa shape index (κ2) is 6.41. The Morgan fingerprint density at radius 1 is 1.67 bits per heavy atom. The predicted molar refractivity (Wildman–Crippen MR) is 68.7 cm³/mol. The number of aliphatic carboxylic acids is 1. The number of carboxylic acid groups (broad SMARTS) is 1. The molecule has 18 heavy (non-hydrogen) atoms. The fourth-order valence-corrected chi connectivity index (χ4v) is 4.93. The van der Waals surface area contributed by atoms with E-state index >= 15 is 0 Å². The van der Waals surface area contributed by atoms with Crippen LogP contribution in [-0.2, 0) is 14.8 Å². The van der Waals surface area contributed by atoms with E-state index < -0.39 is 27.3 Å². The van der Waals surface area contributed by atoms with Crippen molar-refractivity contribution in [1.29, 1.82) is 5.26 Å². The minimum absolute atomic E-state index is 0.211. The SMILES string of the molecule is CCC(C#N)S(=O)(=O)N1CCSCC1CC(=O)O. The van der Waals surface area contributed by atoms with Crippen molar-refractivity contribution in [3.63, 3.8) is 0 Å². The summed E-state index contributed by atoms with van der Waals surface area (Å²) in [5.41, 5.74) is 0. The molecule has 0 bridgehead atoms. The van der Waals surface area contributed by atoms with Crippen molar-refractivity contribution in [3.05, 3.63) is 0 Å². The van der Waals surface area contributed by atoms with Gasteiger partial charge in [-0.3, -0.25) is 4.79 Å². The summed E-state index contributed by atoms with van der Waals surface area (Å²) in [6.07, 6.45) is -0.00361. The Labute approximate surface area is 111 Å². The van der Waals surface area contributed by atoms with Crippen molar-refractivity contribution >= 4 is 27.8 Å². The molecule has 1 aliphatic rings. The summed E-state index contributed by atoms with van der Waals surface area (Å²) >= 11 is 1.54.